The second-order valence-corrected chi connectivity index (χ2v) is 9.76. The van der Waals surface area contributed by atoms with Crippen molar-refractivity contribution in [1.82, 2.24) is 14.7 Å². The fourth-order valence-corrected chi connectivity index (χ4v) is 3.70. The van der Waals surface area contributed by atoms with Gasteiger partial charge < -0.3 is 15.0 Å². The first-order chi connectivity index (χ1) is 16.7. The van der Waals surface area contributed by atoms with Gasteiger partial charge in [0.25, 0.3) is 0 Å². The Kier molecular flexibility index (Phi) is 8.82. The number of hydrogen-bond donors (Lipinski definition) is 1. The zero-order chi connectivity index (χ0) is 25.4. The fourth-order valence-electron chi connectivity index (χ4n) is 3.70. The van der Waals surface area contributed by atoms with E-state index in [4.69, 9.17) is 9.84 Å². The molecule has 0 saturated heterocycles. The number of nitrogens with zero attached hydrogens (tertiary/aromatic N) is 3. The molecule has 0 unspecified atom stereocenters. The van der Waals surface area contributed by atoms with Gasteiger partial charge in [0.2, 0.25) is 11.8 Å². The summed E-state index contributed by atoms with van der Waals surface area (Å²) in [5.41, 5.74) is 3.73. The number of methoxy groups -OCH3 is 1. The van der Waals surface area contributed by atoms with Crippen LogP contribution in [0.3, 0.4) is 0 Å². The molecule has 1 heterocycles. The van der Waals surface area contributed by atoms with Gasteiger partial charge in [-0.25, -0.2) is 4.68 Å². The van der Waals surface area contributed by atoms with E-state index in [1.165, 1.54) is 0 Å². The average Bonchev–Trinajstić information content (AvgIpc) is 3.25. The molecule has 0 radical (unpaired) electrons. The minimum atomic E-state index is -0.275. The van der Waals surface area contributed by atoms with Crippen molar-refractivity contribution in [2.45, 2.75) is 46.0 Å². The van der Waals surface area contributed by atoms with Crippen molar-refractivity contribution in [3.63, 3.8) is 0 Å². The molecule has 0 fully saturated rings. The van der Waals surface area contributed by atoms with Gasteiger partial charge in [-0.2, -0.15) is 5.10 Å². The summed E-state index contributed by atoms with van der Waals surface area (Å²) < 4.78 is 6.93. The topological polar surface area (TPSA) is 76.5 Å². The van der Waals surface area contributed by atoms with E-state index >= 15 is 0 Å². The number of amides is 2. The molecule has 35 heavy (non-hydrogen) atoms. The first-order valence-electron chi connectivity index (χ1n) is 12.0. The minimum absolute atomic E-state index is 0.0547. The highest BCUT2D eigenvalue weighted by atomic mass is 16.5. The summed E-state index contributed by atoms with van der Waals surface area (Å²) in [6.07, 6.45) is 0.955. The number of rotatable bonds is 10. The fraction of sp³-hybridized carbons (Fsp3) is 0.393. The van der Waals surface area contributed by atoms with Crippen molar-refractivity contribution in [3.05, 3.63) is 77.5 Å². The lowest BCUT2D eigenvalue weighted by Gasteiger charge is -2.22. The van der Waals surface area contributed by atoms with Crippen LogP contribution in [0.1, 0.15) is 44.0 Å². The third-order valence-electron chi connectivity index (χ3n) is 5.71. The van der Waals surface area contributed by atoms with E-state index in [0.29, 0.717) is 31.8 Å². The SMILES string of the molecule is COCCN(CC(=O)Nc1cc(C(C)(C)C)nn1-c1cccc(C)c1)C(=O)CCc1ccccc1. The van der Waals surface area contributed by atoms with E-state index in [2.05, 4.69) is 26.1 Å². The Morgan fingerprint density at radius 3 is 2.46 bits per heavy atom. The zero-order valence-corrected chi connectivity index (χ0v) is 21.4. The van der Waals surface area contributed by atoms with E-state index in [1.807, 2.05) is 67.6 Å². The van der Waals surface area contributed by atoms with Crippen LogP contribution in [-0.4, -0.2) is 53.3 Å². The van der Waals surface area contributed by atoms with E-state index < -0.39 is 0 Å². The molecular formula is C28H36N4O3. The molecule has 1 aromatic heterocycles. The Hall–Kier alpha value is -3.45. The van der Waals surface area contributed by atoms with Crippen LogP contribution in [0.2, 0.25) is 0 Å². The van der Waals surface area contributed by atoms with Crippen LogP contribution in [0.25, 0.3) is 5.69 Å². The van der Waals surface area contributed by atoms with Crippen LogP contribution in [0.15, 0.2) is 60.7 Å². The summed E-state index contributed by atoms with van der Waals surface area (Å²) >= 11 is 0. The maximum Gasteiger partial charge on any atom is 0.245 e. The van der Waals surface area contributed by atoms with Gasteiger partial charge in [0.05, 0.1) is 24.5 Å². The van der Waals surface area contributed by atoms with E-state index in [0.717, 1.165) is 22.5 Å². The number of hydrogen-bond acceptors (Lipinski definition) is 4. The van der Waals surface area contributed by atoms with Crippen LogP contribution in [0.4, 0.5) is 5.82 Å². The largest absolute Gasteiger partial charge is 0.383 e. The lowest BCUT2D eigenvalue weighted by Crippen LogP contribution is -2.40. The second-order valence-electron chi connectivity index (χ2n) is 9.76. The van der Waals surface area contributed by atoms with Gasteiger partial charge in [0, 0.05) is 31.6 Å². The molecule has 2 amide bonds. The van der Waals surface area contributed by atoms with Gasteiger partial charge in [0.15, 0.2) is 0 Å². The van der Waals surface area contributed by atoms with Crippen LogP contribution in [0, 0.1) is 6.92 Å². The first kappa shape index (κ1) is 26.2. The molecular weight excluding hydrogens is 440 g/mol. The minimum Gasteiger partial charge on any atom is -0.383 e. The smallest absolute Gasteiger partial charge is 0.245 e. The molecule has 0 aliphatic carbocycles. The van der Waals surface area contributed by atoms with Crippen LogP contribution < -0.4 is 5.32 Å². The van der Waals surface area contributed by atoms with Crippen molar-refractivity contribution in [2.75, 3.05) is 32.1 Å². The highest BCUT2D eigenvalue weighted by molar-refractivity contribution is 5.94. The molecule has 0 bridgehead atoms. The molecule has 0 saturated carbocycles. The summed E-state index contributed by atoms with van der Waals surface area (Å²) in [5.74, 6) is 0.223. The second kappa shape index (κ2) is 11.8. The van der Waals surface area contributed by atoms with E-state index in [1.54, 1.807) is 16.7 Å². The van der Waals surface area contributed by atoms with Crippen molar-refractivity contribution < 1.29 is 14.3 Å². The summed E-state index contributed by atoms with van der Waals surface area (Å²) in [7, 11) is 1.58. The Morgan fingerprint density at radius 1 is 1.06 bits per heavy atom. The number of ether oxygens (including phenoxy) is 1. The molecule has 0 aliphatic heterocycles. The molecule has 2 aromatic carbocycles. The quantitative estimate of drug-likeness (QED) is 0.467. The molecule has 0 aliphatic rings. The summed E-state index contributed by atoms with van der Waals surface area (Å²) in [5, 5.41) is 7.76. The van der Waals surface area contributed by atoms with Gasteiger partial charge in [-0.1, -0.05) is 63.2 Å². The van der Waals surface area contributed by atoms with Gasteiger partial charge in [0.1, 0.15) is 5.82 Å². The predicted molar refractivity (Wildman–Crippen MR) is 139 cm³/mol. The van der Waals surface area contributed by atoms with E-state index in [9.17, 15) is 9.59 Å². The Balaban J connectivity index is 1.76. The molecule has 7 heteroatoms. The summed E-state index contributed by atoms with van der Waals surface area (Å²) in [6, 6.07) is 19.7. The highest BCUT2D eigenvalue weighted by Crippen LogP contribution is 2.26. The monoisotopic (exact) mass is 476 g/mol. The molecule has 186 valence electrons. The number of aromatic nitrogens is 2. The first-order valence-corrected chi connectivity index (χ1v) is 12.0. The Morgan fingerprint density at radius 2 is 1.80 bits per heavy atom. The zero-order valence-electron chi connectivity index (χ0n) is 21.4. The number of aryl methyl sites for hydroxylation is 2. The van der Waals surface area contributed by atoms with Gasteiger partial charge in [-0.05, 0) is 36.6 Å². The van der Waals surface area contributed by atoms with E-state index in [-0.39, 0.29) is 23.8 Å². The van der Waals surface area contributed by atoms with Gasteiger partial charge in [-0.15, -0.1) is 0 Å². The van der Waals surface area contributed by atoms with Crippen molar-refractivity contribution in [1.29, 1.82) is 0 Å². The maximum absolute atomic E-state index is 13.1. The number of nitrogens with one attached hydrogen (secondary N) is 1. The van der Waals surface area contributed by atoms with Crippen LogP contribution in [0.5, 0.6) is 0 Å². The third-order valence-corrected chi connectivity index (χ3v) is 5.71. The number of carbonyl (C=O) groups is 2. The van der Waals surface area contributed by atoms with Crippen LogP contribution >= 0.6 is 0 Å². The number of benzene rings is 2. The summed E-state index contributed by atoms with van der Waals surface area (Å²) in [6.45, 7) is 8.92. The van der Waals surface area contributed by atoms with Crippen LogP contribution in [-0.2, 0) is 26.2 Å². The molecule has 1 N–H and O–H groups in total. The lowest BCUT2D eigenvalue weighted by molar-refractivity contribution is -0.135. The molecule has 3 rings (SSSR count). The molecule has 0 atom stereocenters. The third kappa shape index (κ3) is 7.52. The Labute approximate surface area is 208 Å². The van der Waals surface area contributed by atoms with Gasteiger partial charge >= 0.3 is 0 Å². The normalized spacial score (nSPS) is 11.3. The lowest BCUT2D eigenvalue weighted by atomic mass is 9.92. The predicted octanol–water partition coefficient (Wildman–Crippen LogP) is 4.52. The standard InChI is InChI=1S/C28H36N4O3/c1-21-10-9-13-23(18-21)32-25(19-24(30-32)28(2,3)4)29-26(33)20-31(16-17-35-5)27(34)15-14-22-11-7-6-8-12-22/h6-13,18-19H,14-17,20H2,1-5H3,(H,29,33). The molecule has 0 spiro atoms. The van der Waals surface area contributed by atoms with Crippen molar-refractivity contribution in [3.8, 4) is 5.69 Å². The average molecular weight is 477 g/mol. The number of carbonyl (C=O) groups excluding carboxylic acids is 2. The highest BCUT2D eigenvalue weighted by Gasteiger charge is 2.23. The Bertz CT molecular complexity index is 1130. The molecule has 7 nitrogen and oxygen atoms in total. The summed E-state index contributed by atoms with van der Waals surface area (Å²) in [4.78, 5) is 27.6. The number of anilines is 1. The van der Waals surface area contributed by atoms with Gasteiger partial charge in [-0.3, -0.25) is 9.59 Å². The van der Waals surface area contributed by atoms with Crippen molar-refractivity contribution >= 4 is 17.6 Å². The van der Waals surface area contributed by atoms with Crippen molar-refractivity contribution in [2.24, 2.45) is 0 Å². The maximum atomic E-state index is 13.1. The molecule has 3 aromatic rings.